The van der Waals surface area contributed by atoms with E-state index in [2.05, 4.69) is 9.04 Å². The molecule has 188 valence electrons. The van der Waals surface area contributed by atoms with E-state index in [1.165, 1.54) is 35.2 Å². The summed E-state index contributed by atoms with van der Waals surface area (Å²) in [5, 5.41) is 10.8. The van der Waals surface area contributed by atoms with Crippen LogP contribution >= 0.6 is 11.9 Å². The standard InChI is InChI=1S/C25H29F2N3O4S/c1-4-28(2)21-11-16(5-10-22(21)33-3)23(31)24(32)29-12-17-14-30(15-18(17)13-29)35-20-8-6-19(7-9-20)34-25(26)27/h5-11,23,25,31H,4,12-15H2,1-3H3. The molecule has 0 saturated carbocycles. The van der Waals surface area contributed by atoms with Gasteiger partial charge in [0.1, 0.15) is 11.5 Å². The van der Waals surface area contributed by atoms with E-state index in [0.717, 1.165) is 17.1 Å². The van der Waals surface area contributed by atoms with Crippen LogP contribution in [0.2, 0.25) is 0 Å². The summed E-state index contributed by atoms with van der Waals surface area (Å²) in [6, 6.07) is 11.8. The summed E-state index contributed by atoms with van der Waals surface area (Å²) in [4.78, 5) is 17.7. The third kappa shape index (κ3) is 5.71. The Morgan fingerprint density at radius 2 is 1.77 bits per heavy atom. The minimum absolute atomic E-state index is 0.129. The normalized spacial score (nSPS) is 16.6. The van der Waals surface area contributed by atoms with Gasteiger partial charge in [-0.2, -0.15) is 8.78 Å². The molecule has 1 unspecified atom stereocenters. The van der Waals surface area contributed by atoms with Gasteiger partial charge in [0.15, 0.2) is 6.10 Å². The number of methoxy groups -OCH3 is 1. The molecule has 0 aliphatic carbocycles. The molecule has 1 N–H and O–H groups in total. The van der Waals surface area contributed by atoms with Crippen molar-refractivity contribution in [2.45, 2.75) is 24.5 Å². The molecule has 0 spiro atoms. The number of hydrogen-bond donors (Lipinski definition) is 1. The van der Waals surface area contributed by atoms with Crippen LogP contribution in [0.5, 0.6) is 11.5 Å². The molecule has 2 aliphatic rings. The van der Waals surface area contributed by atoms with Gasteiger partial charge >= 0.3 is 6.61 Å². The highest BCUT2D eigenvalue weighted by molar-refractivity contribution is 7.97. The van der Waals surface area contributed by atoms with Crippen molar-refractivity contribution in [3.05, 3.63) is 59.2 Å². The number of ether oxygens (including phenoxy) is 2. The number of halogens is 2. The fourth-order valence-electron chi connectivity index (χ4n) is 4.26. The van der Waals surface area contributed by atoms with E-state index < -0.39 is 12.7 Å². The number of aliphatic hydroxyl groups excluding tert-OH is 1. The lowest BCUT2D eigenvalue weighted by Crippen LogP contribution is -2.36. The lowest BCUT2D eigenvalue weighted by molar-refractivity contribution is -0.139. The lowest BCUT2D eigenvalue weighted by atomic mass is 10.1. The Morgan fingerprint density at radius 3 is 2.34 bits per heavy atom. The summed E-state index contributed by atoms with van der Waals surface area (Å²) >= 11 is 1.54. The van der Waals surface area contributed by atoms with Gasteiger partial charge in [-0.15, -0.1) is 0 Å². The second kappa shape index (κ2) is 10.8. The Bertz CT molecular complexity index is 1080. The lowest BCUT2D eigenvalue weighted by Gasteiger charge is -2.25. The van der Waals surface area contributed by atoms with Crippen molar-refractivity contribution in [1.82, 2.24) is 9.21 Å². The maximum Gasteiger partial charge on any atom is 0.387 e. The highest BCUT2D eigenvalue weighted by atomic mass is 32.2. The van der Waals surface area contributed by atoms with Crippen LogP contribution in [0.15, 0.2) is 58.5 Å². The van der Waals surface area contributed by atoms with E-state index in [4.69, 9.17) is 4.74 Å². The summed E-state index contributed by atoms with van der Waals surface area (Å²) < 4.78 is 36.6. The number of alkyl halides is 2. The van der Waals surface area contributed by atoms with E-state index in [0.29, 0.717) is 37.5 Å². The van der Waals surface area contributed by atoms with Crippen LogP contribution in [0, 0.1) is 0 Å². The van der Waals surface area contributed by atoms with Gasteiger partial charge in [-0.3, -0.25) is 4.79 Å². The summed E-state index contributed by atoms with van der Waals surface area (Å²) in [5.41, 5.74) is 3.71. The number of carbonyl (C=O) groups is 1. The zero-order valence-corrected chi connectivity index (χ0v) is 20.7. The third-order valence-corrected chi connectivity index (χ3v) is 7.23. The van der Waals surface area contributed by atoms with Crippen molar-refractivity contribution in [2.75, 3.05) is 51.8 Å². The molecule has 7 nitrogen and oxygen atoms in total. The van der Waals surface area contributed by atoms with Gasteiger partial charge in [-0.1, -0.05) is 6.07 Å². The second-order valence-corrected chi connectivity index (χ2v) is 9.66. The molecule has 2 aromatic rings. The Kier molecular flexibility index (Phi) is 7.83. The predicted octanol–water partition coefficient (Wildman–Crippen LogP) is 3.95. The molecule has 10 heteroatoms. The quantitative estimate of drug-likeness (QED) is 0.409. The van der Waals surface area contributed by atoms with Gasteiger partial charge in [0.25, 0.3) is 5.91 Å². The van der Waals surface area contributed by atoms with Gasteiger partial charge in [-0.25, -0.2) is 4.31 Å². The van der Waals surface area contributed by atoms with Crippen LogP contribution in [-0.4, -0.2) is 73.7 Å². The number of rotatable bonds is 9. The Balaban J connectivity index is 1.33. The molecule has 0 fully saturated rings. The van der Waals surface area contributed by atoms with Crippen LogP contribution in [0.3, 0.4) is 0 Å². The summed E-state index contributed by atoms with van der Waals surface area (Å²) in [6.07, 6.45) is -1.25. The highest BCUT2D eigenvalue weighted by Gasteiger charge is 2.35. The number of hydrogen-bond acceptors (Lipinski definition) is 7. The van der Waals surface area contributed by atoms with Gasteiger partial charge in [-0.05, 0) is 72.0 Å². The summed E-state index contributed by atoms with van der Waals surface area (Å²) in [7, 11) is 3.53. The van der Waals surface area contributed by atoms with E-state index in [1.807, 2.05) is 18.9 Å². The molecule has 0 bridgehead atoms. The molecule has 35 heavy (non-hydrogen) atoms. The molecule has 2 aromatic carbocycles. The Morgan fingerprint density at radius 1 is 1.11 bits per heavy atom. The van der Waals surface area contributed by atoms with Crippen LogP contribution in [0.4, 0.5) is 14.5 Å². The molecule has 0 radical (unpaired) electrons. The third-order valence-electron chi connectivity index (χ3n) is 6.23. The van der Waals surface area contributed by atoms with Gasteiger partial charge in [0.2, 0.25) is 0 Å². The van der Waals surface area contributed by atoms with Crippen LogP contribution in [-0.2, 0) is 4.79 Å². The minimum atomic E-state index is -2.84. The number of carbonyl (C=O) groups excluding carboxylic acids is 1. The van der Waals surface area contributed by atoms with Gasteiger partial charge < -0.3 is 24.4 Å². The number of anilines is 1. The Hall–Kier alpha value is -2.82. The maximum absolute atomic E-state index is 13.1. The molecular formula is C25H29F2N3O4S. The fourth-order valence-corrected chi connectivity index (χ4v) is 5.25. The van der Waals surface area contributed by atoms with Gasteiger partial charge in [0, 0.05) is 44.7 Å². The van der Waals surface area contributed by atoms with Crippen molar-refractivity contribution in [3.8, 4) is 11.5 Å². The first-order valence-electron chi connectivity index (χ1n) is 11.3. The number of nitrogens with zero attached hydrogens (tertiary/aromatic N) is 3. The second-order valence-electron chi connectivity index (χ2n) is 8.49. The highest BCUT2D eigenvalue weighted by Crippen LogP contribution is 2.36. The van der Waals surface area contributed by atoms with Crippen molar-refractivity contribution in [1.29, 1.82) is 0 Å². The first-order chi connectivity index (χ1) is 16.8. The molecule has 0 aromatic heterocycles. The zero-order chi connectivity index (χ0) is 25.1. The molecule has 1 atom stereocenters. The fraction of sp³-hybridized carbons (Fsp3) is 0.400. The molecule has 2 aliphatic heterocycles. The maximum atomic E-state index is 13.1. The van der Waals surface area contributed by atoms with Gasteiger partial charge in [0.05, 0.1) is 12.8 Å². The predicted molar refractivity (Wildman–Crippen MR) is 131 cm³/mol. The molecule has 4 rings (SSSR count). The smallest absolute Gasteiger partial charge is 0.387 e. The molecule has 1 amide bonds. The number of aliphatic hydroxyl groups is 1. The zero-order valence-electron chi connectivity index (χ0n) is 19.9. The Labute approximate surface area is 208 Å². The number of benzene rings is 2. The number of amides is 1. The summed E-state index contributed by atoms with van der Waals surface area (Å²) in [6.45, 7) is 2.31. The largest absolute Gasteiger partial charge is 0.495 e. The van der Waals surface area contributed by atoms with E-state index in [9.17, 15) is 18.7 Å². The van der Waals surface area contributed by atoms with E-state index in [1.54, 1.807) is 42.3 Å². The van der Waals surface area contributed by atoms with Crippen LogP contribution in [0.25, 0.3) is 0 Å². The molecule has 2 heterocycles. The first-order valence-corrected chi connectivity index (χ1v) is 12.1. The van der Waals surface area contributed by atoms with E-state index in [-0.39, 0.29) is 11.7 Å². The van der Waals surface area contributed by atoms with E-state index >= 15 is 0 Å². The topological polar surface area (TPSA) is 65.5 Å². The first kappa shape index (κ1) is 25.3. The van der Waals surface area contributed by atoms with Crippen molar-refractivity contribution in [3.63, 3.8) is 0 Å². The SMILES string of the molecule is CCN(C)c1cc(C(O)C(=O)N2CC3=C(CN(Sc4ccc(OC(F)F)cc4)C3)C2)ccc1OC. The summed E-state index contributed by atoms with van der Waals surface area (Å²) in [5.74, 6) is 0.501. The van der Waals surface area contributed by atoms with Crippen molar-refractivity contribution < 1.29 is 28.2 Å². The monoisotopic (exact) mass is 505 g/mol. The van der Waals surface area contributed by atoms with Crippen LogP contribution < -0.4 is 14.4 Å². The van der Waals surface area contributed by atoms with Crippen molar-refractivity contribution >= 4 is 23.5 Å². The molecular weight excluding hydrogens is 476 g/mol. The van der Waals surface area contributed by atoms with Crippen LogP contribution in [0.1, 0.15) is 18.6 Å². The van der Waals surface area contributed by atoms with Crippen molar-refractivity contribution in [2.24, 2.45) is 0 Å². The average Bonchev–Trinajstić information content (AvgIpc) is 3.42. The average molecular weight is 506 g/mol. The molecule has 0 saturated heterocycles. The minimum Gasteiger partial charge on any atom is -0.495 e.